The highest BCUT2D eigenvalue weighted by atomic mass is 32.2. The Hall–Kier alpha value is -2.75. The van der Waals surface area contributed by atoms with Crippen LogP contribution in [0.3, 0.4) is 0 Å². The van der Waals surface area contributed by atoms with Gasteiger partial charge in [-0.2, -0.15) is 0 Å². The number of piperidine rings is 1. The molecule has 198 valence electrons. The summed E-state index contributed by atoms with van der Waals surface area (Å²) in [4.78, 5) is 18.6. The number of pyridine rings is 1. The van der Waals surface area contributed by atoms with Crippen molar-refractivity contribution in [2.45, 2.75) is 36.7 Å². The summed E-state index contributed by atoms with van der Waals surface area (Å²) in [5.41, 5.74) is 1.53. The number of aliphatic hydroxyl groups is 1. The maximum Gasteiger partial charge on any atom is 0.308 e. The minimum atomic E-state index is -0.828. The van der Waals surface area contributed by atoms with Crippen LogP contribution in [-0.4, -0.2) is 58.6 Å². The first kappa shape index (κ1) is 27.3. The molecule has 1 aromatic heterocycles. The van der Waals surface area contributed by atoms with Crippen LogP contribution in [0.5, 0.6) is 5.75 Å². The van der Waals surface area contributed by atoms with E-state index in [1.165, 1.54) is 18.2 Å². The molecule has 0 radical (unpaired) electrons. The number of fused-ring (bicyclic) bond motifs is 1. The highest BCUT2D eigenvalue weighted by Gasteiger charge is 2.34. The van der Waals surface area contributed by atoms with Gasteiger partial charge in [0, 0.05) is 18.1 Å². The summed E-state index contributed by atoms with van der Waals surface area (Å²) in [6.45, 7) is 1.87. The number of carboxylic acids is 1. The minimum absolute atomic E-state index is 0.0311. The van der Waals surface area contributed by atoms with E-state index in [1.54, 1.807) is 19.4 Å². The molecule has 1 aliphatic rings. The van der Waals surface area contributed by atoms with Gasteiger partial charge in [0.1, 0.15) is 17.4 Å². The number of halogens is 2. The quantitative estimate of drug-likeness (QED) is 0.249. The first-order valence-corrected chi connectivity index (χ1v) is 13.5. The topological polar surface area (TPSA) is 82.9 Å². The number of thioether (sulfide) groups is 1. The monoisotopic (exact) mass is 530 g/mol. The number of hydrogen-bond acceptors (Lipinski definition) is 6. The maximum atomic E-state index is 13.8. The summed E-state index contributed by atoms with van der Waals surface area (Å²) >= 11 is 1.15. The van der Waals surface area contributed by atoms with Crippen LogP contribution in [0.1, 0.15) is 37.4 Å². The first-order valence-electron chi connectivity index (χ1n) is 12.5. The van der Waals surface area contributed by atoms with Gasteiger partial charge >= 0.3 is 5.97 Å². The van der Waals surface area contributed by atoms with E-state index in [1.807, 2.05) is 18.2 Å². The summed E-state index contributed by atoms with van der Waals surface area (Å²) in [7, 11) is 1.59. The van der Waals surface area contributed by atoms with Crippen molar-refractivity contribution in [3.63, 3.8) is 0 Å². The Labute approximate surface area is 219 Å². The van der Waals surface area contributed by atoms with Gasteiger partial charge in [0.05, 0.1) is 29.5 Å². The second-order valence-electron chi connectivity index (χ2n) is 9.42. The number of likely N-dealkylation sites (tertiary alicyclic amines) is 1. The molecule has 3 aromatic rings. The molecule has 2 N–H and O–H groups in total. The van der Waals surface area contributed by atoms with Crippen LogP contribution in [0.15, 0.2) is 53.6 Å². The van der Waals surface area contributed by atoms with E-state index in [-0.39, 0.29) is 10.8 Å². The Morgan fingerprint density at radius 2 is 2.03 bits per heavy atom. The van der Waals surface area contributed by atoms with Gasteiger partial charge in [-0.1, -0.05) is 6.07 Å². The minimum Gasteiger partial charge on any atom is -0.497 e. The number of nitrogens with zero attached hydrogens (tertiary/aromatic N) is 2. The molecule has 1 fully saturated rings. The lowest BCUT2D eigenvalue weighted by atomic mass is 9.81. The Morgan fingerprint density at radius 3 is 2.76 bits per heavy atom. The number of carbonyl (C=O) groups is 1. The van der Waals surface area contributed by atoms with Gasteiger partial charge in [0.15, 0.2) is 0 Å². The van der Waals surface area contributed by atoms with Gasteiger partial charge in [-0.15, -0.1) is 11.8 Å². The Balaban J connectivity index is 1.30. The highest BCUT2D eigenvalue weighted by Crippen LogP contribution is 2.34. The molecule has 3 atom stereocenters. The van der Waals surface area contributed by atoms with Crippen molar-refractivity contribution in [2.75, 3.05) is 32.5 Å². The Kier molecular flexibility index (Phi) is 9.34. The molecule has 0 bridgehead atoms. The van der Waals surface area contributed by atoms with Gasteiger partial charge < -0.3 is 19.8 Å². The molecular formula is C28H32F2N2O4S. The van der Waals surface area contributed by atoms with Crippen molar-refractivity contribution in [3.05, 3.63) is 65.9 Å². The van der Waals surface area contributed by atoms with Crippen molar-refractivity contribution >= 4 is 28.6 Å². The van der Waals surface area contributed by atoms with E-state index in [0.29, 0.717) is 43.9 Å². The average Bonchev–Trinajstić information content (AvgIpc) is 2.90. The zero-order chi connectivity index (χ0) is 26.4. The summed E-state index contributed by atoms with van der Waals surface area (Å²) < 4.78 is 32.9. The van der Waals surface area contributed by atoms with Gasteiger partial charge in [-0.05, 0) is 92.4 Å². The summed E-state index contributed by atoms with van der Waals surface area (Å²) in [5, 5.41) is 21.7. The second kappa shape index (κ2) is 12.7. The van der Waals surface area contributed by atoms with E-state index in [4.69, 9.17) is 4.74 Å². The number of aliphatic carboxylic acids is 1. The third-order valence-corrected chi connectivity index (χ3v) is 8.27. The SMILES string of the molecule is COc1ccc2nccc([C@H](O)CC[C@@H]3CCN(CCCSc4c(F)cccc4F)C[C@@H]3C(=O)O)c2c1. The zero-order valence-electron chi connectivity index (χ0n) is 20.8. The lowest BCUT2D eigenvalue weighted by Gasteiger charge is -2.37. The smallest absolute Gasteiger partial charge is 0.308 e. The van der Waals surface area contributed by atoms with Gasteiger partial charge in [-0.3, -0.25) is 9.78 Å². The molecule has 37 heavy (non-hydrogen) atoms. The summed E-state index contributed by atoms with van der Waals surface area (Å²) in [6, 6.07) is 11.2. The summed E-state index contributed by atoms with van der Waals surface area (Å²) in [5.74, 6) is -1.27. The molecule has 4 rings (SSSR count). The molecule has 0 saturated carbocycles. The molecule has 1 saturated heterocycles. The van der Waals surface area contributed by atoms with E-state index < -0.39 is 29.6 Å². The lowest BCUT2D eigenvalue weighted by molar-refractivity contribution is -0.146. The average molecular weight is 531 g/mol. The van der Waals surface area contributed by atoms with Crippen LogP contribution in [0.25, 0.3) is 10.9 Å². The standard InChI is InChI=1S/C28H32F2N2O4S/c1-36-19-7-8-25-21(16-19)20(10-12-31-25)26(33)9-6-18-11-14-32(17-22(18)28(34)35)13-3-15-37-27-23(29)4-2-5-24(27)30/h2,4-5,7-8,10,12,16,18,22,26,33H,3,6,9,11,13-15,17H2,1H3,(H,34,35)/t18-,22+,26-/m1/s1. The molecule has 0 spiro atoms. The lowest BCUT2D eigenvalue weighted by Crippen LogP contribution is -2.44. The largest absolute Gasteiger partial charge is 0.497 e. The Morgan fingerprint density at radius 1 is 1.24 bits per heavy atom. The highest BCUT2D eigenvalue weighted by molar-refractivity contribution is 7.99. The van der Waals surface area contributed by atoms with E-state index in [2.05, 4.69) is 9.88 Å². The number of aliphatic hydroxyl groups excluding tert-OH is 1. The molecule has 2 aromatic carbocycles. The van der Waals surface area contributed by atoms with Crippen LogP contribution in [-0.2, 0) is 4.79 Å². The predicted octanol–water partition coefficient (Wildman–Crippen LogP) is 5.54. The predicted molar refractivity (Wildman–Crippen MR) is 140 cm³/mol. The number of ether oxygens (including phenoxy) is 1. The third kappa shape index (κ3) is 6.77. The number of methoxy groups -OCH3 is 1. The van der Waals surface area contributed by atoms with E-state index >= 15 is 0 Å². The molecule has 0 amide bonds. The van der Waals surface area contributed by atoms with Crippen molar-refractivity contribution in [3.8, 4) is 5.75 Å². The van der Waals surface area contributed by atoms with Crippen LogP contribution in [0.2, 0.25) is 0 Å². The van der Waals surface area contributed by atoms with Gasteiger partial charge in [0.2, 0.25) is 0 Å². The number of benzene rings is 2. The molecule has 0 unspecified atom stereocenters. The third-order valence-electron chi connectivity index (χ3n) is 7.09. The van der Waals surface area contributed by atoms with Crippen LogP contribution in [0, 0.1) is 23.5 Å². The fourth-order valence-electron chi connectivity index (χ4n) is 5.07. The Bertz CT molecular complexity index is 1210. The van der Waals surface area contributed by atoms with Crippen molar-refractivity contribution in [1.29, 1.82) is 0 Å². The number of rotatable bonds is 11. The zero-order valence-corrected chi connectivity index (χ0v) is 21.6. The molecular weight excluding hydrogens is 498 g/mol. The molecule has 2 heterocycles. The van der Waals surface area contributed by atoms with Crippen molar-refractivity contribution in [1.82, 2.24) is 9.88 Å². The normalized spacial score (nSPS) is 19.1. The fraction of sp³-hybridized carbons (Fsp3) is 0.429. The first-order chi connectivity index (χ1) is 17.9. The van der Waals surface area contributed by atoms with Crippen LogP contribution in [0.4, 0.5) is 8.78 Å². The van der Waals surface area contributed by atoms with Crippen molar-refractivity contribution in [2.24, 2.45) is 11.8 Å². The number of carboxylic acid groups (broad SMARTS) is 1. The van der Waals surface area contributed by atoms with E-state index in [9.17, 15) is 23.8 Å². The molecule has 1 aliphatic heterocycles. The number of hydrogen-bond donors (Lipinski definition) is 2. The van der Waals surface area contributed by atoms with Crippen LogP contribution >= 0.6 is 11.8 Å². The molecule has 9 heteroatoms. The molecule has 6 nitrogen and oxygen atoms in total. The second-order valence-corrected chi connectivity index (χ2v) is 10.5. The molecule has 0 aliphatic carbocycles. The van der Waals surface area contributed by atoms with Gasteiger partial charge in [0.25, 0.3) is 0 Å². The fourth-order valence-corrected chi connectivity index (χ4v) is 5.96. The van der Waals surface area contributed by atoms with Crippen LogP contribution < -0.4 is 4.74 Å². The summed E-state index contributed by atoms with van der Waals surface area (Å²) in [6.07, 6.45) is 3.42. The van der Waals surface area contributed by atoms with Gasteiger partial charge in [-0.25, -0.2) is 8.78 Å². The van der Waals surface area contributed by atoms with E-state index in [0.717, 1.165) is 41.2 Å². The van der Waals surface area contributed by atoms with Crippen molar-refractivity contribution < 1.29 is 28.5 Å². The maximum absolute atomic E-state index is 13.8. The number of aromatic nitrogens is 1.